The Morgan fingerprint density at radius 1 is 1.03 bits per heavy atom. The summed E-state index contributed by atoms with van der Waals surface area (Å²) in [5.74, 6) is 1.17. The fourth-order valence-corrected chi connectivity index (χ4v) is 4.91. The molecule has 1 unspecified atom stereocenters. The van der Waals surface area contributed by atoms with Crippen molar-refractivity contribution in [3.63, 3.8) is 0 Å². The number of ether oxygens (including phenoxy) is 2. The van der Waals surface area contributed by atoms with E-state index in [0.717, 1.165) is 15.6 Å². The van der Waals surface area contributed by atoms with Gasteiger partial charge in [0.25, 0.3) is 5.91 Å². The average molecular weight is 548 g/mol. The molecule has 1 aromatic heterocycles. The molecule has 0 radical (unpaired) electrons. The number of aryl methyl sites for hydroxylation is 1. The molecule has 36 heavy (non-hydrogen) atoms. The number of anilines is 1. The Hall–Kier alpha value is -3.58. The van der Waals surface area contributed by atoms with Crippen LogP contribution in [0.5, 0.6) is 11.5 Å². The van der Waals surface area contributed by atoms with Crippen LogP contribution in [0, 0.1) is 12.8 Å². The van der Waals surface area contributed by atoms with Gasteiger partial charge in [0.2, 0.25) is 5.76 Å². The lowest BCUT2D eigenvalue weighted by molar-refractivity contribution is 0.0971. The first-order chi connectivity index (χ1) is 17.3. The second-order valence-electron chi connectivity index (χ2n) is 9.35. The zero-order chi connectivity index (χ0) is 25.6. The summed E-state index contributed by atoms with van der Waals surface area (Å²) in [7, 11) is 1.58. The molecule has 0 fully saturated rings. The third-order valence-electron chi connectivity index (χ3n) is 6.19. The van der Waals surface area contributed by atoms with Gasteiger partial charge < -0.3 is 13.9 Å². The maximum absolute atomic E-state index is 13.8. The fourth-order valence-electron chi connectivity index (χ4n) is 4.52. The molecule has 0 N–H and O–H groups in total. The van der Waals surface area contributed by atoms with Crippen LogP contribution in [0.25, 0.3) is 11.0 Å². The average Bonchev–Trinajstić information content (AvgIpc) is 3.15. The van der Waals surface area contributed by atoms with Gasteiger partial charge in [0.05, 0.1) is 30.7 Å². The van der Waals surface area contributed by atoms with E-state index in [-0.39, 0.29) is 17.1 Å². The SMILES string of the molecule is COc1cc(C2c3c(oc4ccc(C)cc4c3=O)C(=O)N2c2cccc(Br)c2)ccc1OCC(C)C. The summed E-state index contributed by atoms with van der Waals surface area (Å²) in [4.78, 5) is 29.2. The number of hydrogen-bond donors (Lipinski definition) is 0. The van der Waals surface area contributed by atoms with Crippen LogP contribution in [0.3, 0.4) is 0 Å². The smallest absolute Gasteiger partial charge is 0.295 e. The van der Waals surface area contributed by atoms with Gasteiger partial charge in [0.15, 0.2) is 16.9 Å². The fraction of sp³-hybridized carbons (Fsp3) is 0.241. The van der Waals surface area contributed by atoms with Crippen molar-refractivity contribution in [3.8, 4) is 11.5 Å². The van der Waals surface area contributed by atoms with Crippen LogP contribution < -0.4 is 19.8 Å². The maximum atomic E-state index is 13.8. The lowest BCUT2D eigenvalue weighted by atomic mass is 9.97. The molecule has 0 spiro atoms. The number of rotatable bonds is 6. The van der Waals surface area contributed by atoms with Gasteiger partial charge in [-0.1, -0.05) is 53.5 Å². The second-order valence-corrected chi connectivity index (χ2v) is 10.3. The van der Waals surface area contributed by atoms with Gasteiger partial charge in [-0.25, -0.2) is 0 Å². The third kappa shape index (κ3) is 4.17. The minimum absolute atomic E-state index is 0.0560. The molecule has 0 aliphatic carbocycles. The summed E-state index contributed by atoms with van der Waals surface area (Å²) in [5.41, 5.74) is 2.79. The lowest BCUT2D eigenvalue weighted by Gasteiger charge is -2.26. The third-order valence-corrected chi connectivity index (χ3v) is 6.68. The Morgan fingerprint density at radius 2 is 1.83 bits per heavy atom. The van der Waals surface area contributed by atoms with Gasteiger partial charge in [-0.15, -0.1) is 0 Å². The van der Waals surface area contributed by atoms with Crippen molar-refractivity contribution in [2.75, 3.05) is 18.6 Å². The zero-order valence-corrected chi connectivity index (χ0v) is 22.1. The molecule has 0 bridgehead atoms. The monoisotopic (exact) mass is 547 g/mol. The van der Waals surface area contributed by atoms with Crippen LogP contribution >= 0.6 is 15.9 Å². The summed E-state index contributed by atoms with van der Waals surface area (Å²) in [5, 5.41) is 0.450. The molecule has 1 aliphatic heterocycles. The zero-order valence-electron chi connectivity index (χ0n) is 20.5. The van der Waals surface area contributed by atoms with Gasteiger partial charge >= 0.3 is 0 Å². The van der Waals surface area contributed by atoms with Crippen molar-refractivity contribution in [3.05, 3.63) is 97.8 Å². The van der Waals surface area contributed by atoms with Crippen LogP contribution in [0.15, 0.2) is 74.3 Å². The van der Waals surface area contributed by atoms with Crippen molar-refractivity contribution in [2.24, 2.45) is 5.92 Å². The Labute approximate surface area is 217 Å². The van der Waals surface area contributed by atoms with E-state index in [1.807, 2.05) is 55.5 Å². The molecule has 1 atom stereocenters. The summed E-state index contributed by atoms with van der Waals surface area (Å²) in [6.45, 7) is 6.61. The van der Waals surface area contributed by atoms with Crippen molar-refractivity contribution in [1.29, 1.82) is 0 Å². The first-order valence-electron chi connectivity index (χ1n) is 11.8. The van der Waals surface area contributed by atoms with E-state index in [1.165, 1.54) is 0 Å². The topological polar surface area (TPSA) is 69.0 Å². The minimum atomic E-state index is -0.698. The Balaban J connectivity index is 1.74. The quantitative estimate of drug-likeness (QED) is 0.270. The first-order valence-corrected chi connectivity index (χ1v) is 12.5. The van der Waals surface area contributed by atoms with Gasteiger partial charge in [-0.2, -0.15) is 0 Å². The molecular formula is C29H26BrNO5. The molecule has 0 saturated carbocycles. The van der Waals surface area contributed by atoms with E-state index >= 15 is 0 Å². The van der Waals surface area contributed by atoms with E-state index in [9.17, 15) is 9.59 Å². The number of benzene rings is 3. The Kier molecular flexibility index (Phi) is 6.35. The molecule has 184 valence electrons. The largest absolute Gasteiger partial charge is 0.493 e. The normalized spacial score (nSPS) is 15.0. The lowest BCUT2D eigenvalue weighted by Crippen LogP contribution is -2.29. The van der Waals surface area contributed by atoms with Crippen molar-refractivity contribution in [2.45, 2.75) is 26.8 Å². The number of methoxy groups -OCH3 is 1. The molecule has 6 nitrogen and oxygen atoms in total. The Morgan fingerprint density at radius 3 is 2.56 bits per heavy atom. The summed E-state index contributed by atoms with van der Waals surface area (Å²) < 4.78 is 18.4. The minimum Gasteiger partial charge on any atom is -0.493 e. The molecular weight excluding hydrogens is 522 g/mol. The highest BCUT2D eigenvalue weighted by Crippen LogP contribution is 2.43. The van der Waals surface area contributed by atoms with E-state index in [1.54, 1.807) is 24.1 Å². The predicted octanol–water partition coefficient (Wildman–Crippen LogP) is 6.66. The van der Waals surface area contributed by atoms with Gasteiger partial charge in [0.1, 0.15) is 5.58 Å². The number of carbonyl (C=O) groups excluding carboxylic acids is 1. The number of nitrogens with zero attached hydrogens (tertiary/aromatic N) is 1. The van der Waals surface area contributed by atoms with Crippen molar-refractivity contribution in [1.82, 2.24) is 0 Å². The molecule has 0 saturated heterocycles. The molecule has 1 amide bonds. The highest BCUT2D eigenvalue weighted by molar-refractivity contribution is 9.10. The van der Waals surface area contributed by atoms with Crippen LogP contribution in [0.1, 0.15) is 47.1 Å². The Bertz CT molecular complexity index is 1540. The molecule has 4 aromatic rings. The van der Waals surface area contributed by atoms with Crippen molar-refractivity contribution >= 4 is 38.5 Å². The number of hydrogen-bond acceptors (Lipinski definition) is 5. The summed E-state index contributed by atoms with van der Waals surface area (Å²) in [6.07, 6.45) is 0. The summed E-state index contributed by atoms with van der Waals surface area (Å²) >= 11 is 3.50. The molecule has 7 heteroatoms. The number of amides is 1. The maximum Gasteiger partial charge on any atom is 0.295 e. The number of carbonyl (C=O) groups is 1. The van der Waals surface area contributed by atoms with Crippen molar-refractivity contribution < 1.29 is 18.7 Å². The molecule has 3 aromatic carbocycles. The summed E-state index contributed by atoms with van der Waals surface area (Å²) in [6, 6.07) is 17.7. The van der Waals surface area contributed by atoms with E-state index < -0.39 is 6.04 Å². The van der Waals surface area contributed by atoms with Gasteiger partial charge in [-0.3, -0.25) is 14.5 Å². The van der Waals surface area contributed by atoms with Gasteiger partial charge in [0, 0.05) is 10.2 Å². The molecule has 1 aliphatic rings. The first kappa shape index (κ1) is 24.1. The number of fused-ring (bicyclic) bond motifs is 2. The predicted molar refractivity (Wildman–Crippen MR) is 143 cm³/mol. The second kappa shape index (κ2) is 9.47. The molecule has 2 heterocycles. The van der Waals surface area contributed by atoms with Crippen LogP contribution in [0.2, 0.25) is 0 Å². The number of halogens is 1. The van der Waals surface area contributed by atoms with Crippen LogP contribution in [0.4, 0.5) is 5.69 Å². The van der Waals surface area contributed by atoms with E-state index in [4.69, 9.17) is 13.9 Å². The van der Waals surface area contributed by atoms with Crippen LogP contribution in [-0.4, -0.2) is 19.6 Å². The standard InChI is InChI=1S/C29H26BrNO5/c1-16(2)15-35-23-11-9-18(13-24(23)34-4)26-25-27(32)21-12-17(3)8-10-22(21)36-28(25)29(33)31(26)20-7-5-6-19(30)14-20/h5-14,16,26H,15H2,1-4H3. The highest BCUT2D eigenvalue weighted by atomic mass is 79.9. The van der Waals surface area contributed by atoms with Crippen LogP contribution in [-0.2, 0) is 0 Å². The molecule has 5 rings (SSSR count). The van der Waals surface area contributed by atoms with E-state index in [0.29, 0.717) is 46.2 Å². The highest BCUT2D eigenvalue weighted by Gasteiger charge is 2.44. The van der Waals surface area contributed by atoms with E-state index in [2.05, 4.69) is 29.8 Å². The van der Waals surface area contributed by atoms with Gasteiger partial charge in [-0.05, 0) is 60.9 Å².